The third-order valence-corrected chi connectivity index (χ3v) is 4.74. The molecule has 2 N–H and O–H groups in total. The van der Waals surface area contributed by atoms with Gasteiger partial charge in [-0.3, -0.25) is 15.1 Å². The second kappa shape index (κ2) is 8.05. The molecule has 0 unspecified atom stereocenters. The number of benzene rings is 2. The van der Waals surface area contributed by atoms with Gasteiger partial charge < -0.3 is 9.73 Å². The number of hydrogen-bond acceptors (Lipinski definition) is 6. The predicted molar refractivity (Wildman–Crippen MR) is 106 cm³/mol. The van der Waals surface area contributed by atoms with Crippen molar-refractivity contribution < 1.29 is 22.4 Å². The third kappa shape index (κ3) is 3.79. The summed E-state index contributed by atoms with van der Waals surface area (Å²) in [6, 6.07) is 10.4. The smallest absolute Gasteiger partial charge is 0.314 e. The van der Waals surface area contributed by atoms with E-state index in [-0.39, 0.29) is 18.3 Å². The van der Waals surface area contributed by atoms with Crippen molar-refractivity contribution in [1.29, 1.82) is 5.41 Å². The molecule has 158 valence electrons. The van der Waals surface area contributed by atoms with Crippen LogP contribution < -0.4 is 5.32 Å². The summed E-state index contributed by atoms with van der Waals surface area (Å²) >= 11 is 0. The number of alkyl halides is 2. The topological polar surface area (TPSA) is 95.1 Å². The summed E-state index contributed by atoms with van der Waals surface area (Å²) < 4.78 is 44.1. The summed E-state index contributed by atoms with van der Waals surface area (Å²) in [7, 11) is 1.64. The maximum Gasteiger partial charge on any atom is 0.314 e. The van der Waals surface area contributed by atoms with Crippen LogP contribution in [0.15, 0.2) is 53.1 Å². The number of carbonyl (C=O) groups excluding carboxylic acids is 1. The molecule has 10 heteroatoms. The van der Waals surface area contributed by atoms with Crippen LogP contribution in [-0.2, 0) is 6.54 Å². The molecule has 0 radical (unpaired) electrons. The van der Waals surface area contributed by atoms with E-state index in [1.54, 1.807) is 25.2 Å². The van der Waals surface area contributed by atoms with Crippen molar-refractivity contribution in [2.45, 2.75) is 13.0 Å². The van der Waals surface area contributed by atoms with Crippen molar-refractivity contribution in [1.82, 2.24) is 20.4 Å². The number of amides is 1. The van der Waals surface area contributed by atoms with E-state index in [9.17, 15) is 18.0 Å². The van der Waals surface area contributed by atoms with E-state index in [1.165, 1.54) is 35.4 Å². The number of aromatic nitrogens is 2. The maximum absolute atomic E-state index is 13.7. The molecule has 7 nitrogen and oxygen atoms in total. The summed E-state index contributed by atoms with van der Waals surface area (Å²) in [5.74, 6) is -1.96. The number of nitrogens with one attached hydrogen (secondary N) is 2. The lowest BCUT2D eigenvalue weighted by Crippen LogP contribution is -2.31. The van der Waals surface area contributed by atoms with E-state index in [1.807, 2.05) is 0 Å². The molecule has 0 atom stereocenters. The second-order valence-corrected chi connectivity index (χ2v) is 6.72. The minimum absolute atomic E-state index is 0.111. The largest absolute Gasteiger partial charge is 0.415 e. The van der Waals surface area contributed by atoms with Gasteiger partial charge in [-0.15, -0.1) is 10.2 Å². The van der Waals surface area contributed by atoms with Crippen LogP contribution in [0.1, 0.15) is 33.8 Å². The average molecular weight is 427 g/mol. The Morgan fingerprint density at radius 3 is 2.74 bits per heavy atom. The quantitative estimate of drug-likeness (QED) is 0.474. The molecule has 1 amide bonds. The lowest BCUT2D eigenvalue weighted by atomic mass is 10.0. The minimum Gasteiger partial charge on any atom is -0.415 e. The highest BCUT2D eigenvalue weighted by Crippen LogP contribution is 2.31. The van der Waals surface area contributed by atoms with Crippen LogP contribution >= 0.6 is 0 Å². The fourth-order valence-electron chi connectivity index (χ4n) is 3.29. The first kappa shape index (κ1) is 20.3. The van der Waals surface area contributed by atoms with Gasteiger partial charge in [-0.05, 0) is 35.4 Å². The van der Waals surface area contributed by atoms with Gasteiger partial charge in [0.05, 0.1) is 6.54 Å². The SMILES string of the molecule is CN/C=C(\C(=N)N1Cc2ccc(-c3nnc(C(F)F)o3)cc2C1=O)c1cccc(F)c1. The summed E-state index contributed by atoms with van der Waals surface area (Å²) in [4.78, 5) is 14.3. The maximum atomic E-state index is 13.7. The summed E-state index contributed by atoms with van der Waals surface area (Å²) in [6.07, 6.45) is -1.38. The van der Waals surface area contributed by atoms with Crippen LogP contribution in [0.2, 0.25) is 0 Å². The third-order valence-electron chi connectivity index (χ3n) is 4.74. The van der Waals surface area contributed by atoms with Crippen LogP contribution in [0, 0.1) is 11.2 Å². The number of halogens is 3. The lowest BCUT2D eigenvalue weighted by Gasteiger charge is -2.19. The van der Waals surface area contributed by atoms with E-state index in [0.29, 0.717) is 27.8 Å². The molecule has 3 aromatic rings. The highest BCUT2D eigenvalue weighted by atomic mass is 19.3. The molecule has 4 rings (SSSR count). The van der Waals surface area contributed by atoms with Crippen LogP contribution in [0.5, 0.6) is 0 Å². The van der Waals surface area contributed by atoms with Gasteiger partial charge >= 0.3 is 6.43 Å². The van der Waals surface area contributed by atoms with E-state index in [0.717, 1.165) is 0 Å². The molecule has 31 heavy (non-hydrogen) atoms. The summed E-state index contributed by atoms with van der Waals surface area (Å²) in [6.45, 7) is 0.135. The number of carbonyl (C=O) groups is 1. The fourth-order valence-corrected chi connectivity index (χ4v) is 3.29. The Kier molecular flexibility index (Phi) is 5.28. The molecule has 0 bridgehead atoms. The van der Waals surface area contributed by atoms with Crippen LogP contribution in [-0.4, -0.2) is 33.9 Å². The summed E-state index contributed by atoms with van der Waals surface area (Å²) in [5, 5.41) is 18.3. The van der Waals surface area contributed by atoms with Gasteiger partial charge in [0, 0.05) is 29.9 Å². The van der Waals surface area contributed by atoms with Crippen LogP contribution in [0.25, 0.3) is 17.0 Å². The van der Waals surface area contributed by atoms with Crippen molar-refractivity contribution >= 4 is 17.3 Å². The monoisotopic (exact) mass is 427 g/mol. The Labute approximate surface area is 174 Å². The van der Waals surface area contributed by atoms with Crippen molar-refractivity contribution in [3.05, 3.63) is 77.1 Å². The zero-order chi connectivity index (χ0) is 22.1. The zero-order valence-electron chi connectivity index (χ0n) is 16.2. The first-order valence-electron chi connectivity index (χ1n) is 9.18. The van der Waals surface area contributed by atoms with Gasteiger partial charge in [0.2, 0.25) is 5.89 Å². The molecule has 1 aliphatic rings. The predicted octanol–water partition coefficient (Wildman–Crippen LogP) is 4.01. The normalized spacial score (nSPS) is 13.6. The molecular formula is C21H16F3N5O2. The average Bonchev–Trinajstić information content (AvgIpc) is 3.37. The molecular weight excluding hydrogens is 411 g/mol. The van der Waals surface area contributed by atoms with Gasteiger partial charge in [0.1, 0.15) is 11.7 Å². The Hall–Kier alpha value is -3.95. The number of rotatable bonds is 5. The molecule has 0 spiro atoms. The Bertz CT molecular complexity index is 1210. The van der Waals surface area contributed by atoms with Gasteiger partial charge in [0.15, 0.2) is 0 Å². The Balaban J connectivity index is 1.64. The first-order valence-corrected chi connectivity index (χ1v) is 9.18. The standard InChI is InChI=1S/C21H16F3N5O2/c1-26-9-16(11-3-2-4-14(22)7-11)18(25)29-10-13-6-5-12(8-15(13)21(29)30)19-27-28-20(31-19)17(23)24/h2-9,17,25-26H,10H2,1H3/b16-9-,25-18?. The Morgan fingerprint density at radius 2 is 2.06 bits per heavy atom. The molecule has 2 aromatic carbocycles. The van der Waals surface area contributed by atoms with Crippen molar-refractivity contribution in [2.24, 2.45) is 0 Å². The number of nitrogens with zero attached hydrogens (tertiary/aromatic N) is 3. The van der Waals surface area contributed by atoms with Gasteiger partial charge in [0.25, 0.3) is 11.8 Å². The highest BCUT2D eigenvalue weighted by molar-refractivity contribution is 6.27. The molecule has 0 saturated carbocycles. The van der Waals surface area contributed by atoms with E-state index >= 15 is 0 Å². The number of fused-ring (bicyclic) bond motifs is 1. The molecule has 0 saturated heterocycles. The van der Waals surface area contributed by atoms with Crippen molar-refractivity contribution in [2.75, 3.05) is 7.05 Å². The van der Waals surface area contributed by atoms with E-state index in [2.05, 4.69) is 15.5 Å². The zero-order valence-corrected chi connectivity index (χ0v) is 16.2. The fraction of sp³-hybridized carbons (Fsp3) is 0.143. The number of hydrogen-bond donors (Lipinski definition) is 2. The van der Waals surface area contributed by atoms with Crippen molar-refractivity contribution in [3.63, 3.8) is 0 Å². The molecule has 0 aliphatic carbocycles. The van der Waals surface area contributed by atoms with E-state index in [4.69, 9.17) is 9.83 Å². The van der Waals surface area contributed by atoms with E-state index < -0.39 is 24.0 Å². The van der Waals surface area contributed by atoms with Gasteiger partial charge in [-0.2, -0.15) is 8.78 Å². The molecule has 1 aromatic heterocycles. The van der Waals surface area contributed by atoms with Crippen molar-refractivity contribution in [3.8, 4) is 11.5 Å². The van der Waals surface area contributed by atoms with Crippen LogP contribution in [0.4, 0.5) is 13.2 Å². The minimum atomic E-state index is -2.89. The van der Waals surface area contributed by atoms with Crippen LogP contribution in [0.3, 0.4) is 0 Å². The summed E-state index contributed by atoms with van der Waals surface area (Å²) in [5.41, 5.74) is 2.03. The van der Waals surface area contributed by atoms with Gasteiger partial charge in [-0.25, -0.2) is 4.39 Å². The van der Waals surface area contributed by atoms with Gasteiger partial charge in [-0.1, -0.05) is 18.2 Å². The Morgan fingerprint density at radius 1 is 1.26 bits per heavy atom. The molecule has 0 fully saturated rings. The molecule has 2 heterocycles. The first-order chi connectivity index (χ1) is 14.9. The second-order valence-electron chi connectivity index (χ2n) is 6.72. The highest BCUT2D eigenvalue weighted by Gasteiger charge is 2.32. The molecule has 1 aliphatic heterocycles. The number of amidine groups is 1. The lowest BCUT2D eigenvalue weighted by molar-refractivity contribution is 0.0866.